The molecule has 6 atom stereocenters. The van der Waals surface area contributed by atoms with Crippen LogP contribution in [0.2, 0.25) is 5.02 Å². The van der Waals surface area contributed by atoms with Gasteiger partial charge in [-0.3, -0.25) is 0 Å². The summed E-state index contributed by atoms with van der Waals surface area (Å²) in [5.74, 6) is -1.79. The molecule has 2 fully saturated rings. The maximum atomic E-state index is 13.0. The highest BCUT2D eigenvalue weighted by molar-refractivity contribution is 6.33. The summed E-state index contributed by atoms with van der Waals surface area (Å²) < 4.78 is 10.7. The Morgan fingerprint density at radius 3 is 2.48 bits per heavy atom. The third-order valence-corrected chi connectivity index (χ3v) is 8.70. The van der Waals surface area contributed by atoms with E-state index in [1.807, 2.05) is 13.8 Å². The number of phenolic OH excluding ortho intramolecular Hbond substituents is 1. The second-order valence-electron chi connectivity index (χ2n) is 10.6. The molecule has 0 spiro atoms. The first kappa shape index (κ1) is 24.3. The van der Waals surface area contributed by atoms with Crippen LogP contribution < -0.4 is 4.74 Å². The van der Waals surface area contributed by atoms with Crippen molar-refractivity contribution in [3.8, 4) is 11.5 Å². The SMILES string of the molecule is COc1cc(O)c(C(=O)O[C@@H]2C[C@]3(C)C4[C@@H](O)C(C)(C)C[C@@]4(O)C=C(CO)[C@]23O)c(C)c1Cl. The summed E-state index contributed by atoms with van der Waals surface area (Å²) in [6.45, 7) is 6.41. The second-order valence-corrected chi connectivity index (χ2v) is 11.0. The molecule has 0 radical (unpaired) electrons. The van der Waals surface area contributed by atoms with Gasteiger partial charge in [0.05, 0.1) is 30.4 Å². The first-order valence-corrected chi connectivity index (χ1v) is 11.3. The third-order valence-electron chi connectivity index (χ3n) is 8.23. The molecular formula is C24H31ClO8. The topological polar surface area (TPSA) is 137 Å². The van der Waals surface area contributed by atoms with Crippen molar-refractivity contribution in [3.05, 3.63) is 33.9 Å². The number of phenols is 1. The van der Waals surface area contributed by atoms with E-state index in [-0.39, 0.29) is 46.1 Å². The van der Waals surface area contributed by atoms with Crippen molar-refractivity contribution in [2.75, 3.05) is 13.7 Å². The van der Waals surface area contributed by atoms with Gasteiger partial charge in [0.25, 0.3) is 0 Å². The van der Waals surface area contributed by atoms with Gasteiger partial charge in [-0.2, -0.15) is 0 Å². The highest BCUT2D eigenvalue weighted by Gasteiger charge is 2.77. The summed E-state index contributed by atoms with van der Waals surface area (Å²) in [5.41, 5.74) is -4.62. The van der Waals surface area contributed by atoms with E-state index < -0.39 is 52.7 Å². The van der Waals surface area contributed by atoms with E-state index in [9.17, 15) is 30.3 Å². The average molecular weight is 483 g/mol. The molecule has 4 rings (SSSR count). The van der Waals surface area contributed by atoms with Crippen LogP contribution in [0.15, 0.2) is 17.7 Å². The lowest BCUT2D eigenvalue weighted by Gasteiger charge is -2.66. The fourth-order valence-corrected chi connectivity index (χ4v) is 6.84. The summed E-state index contributed by atoms with van der Waals surface area (Å²) in [7, 11) is 1.38. The number of carbonyl (C=O) groups is 1. The molecule has 2 saturated carbocycles. The Morgan fingerprint density at radius 1 is 1.27 bits per heavy atom. The lowest BCUT2D eigenvalue weighted by molar-refractivity contribution is -0.276. The minimum Gasteiger partial charge on any atom is -0.507 e. The lowest BCUT2D eigenvalue weighted by atomic mass is 9.43. The van der Waals surface area contributed by atoms with Crippen LogP contribution in [0.4, 0.5) is 0 Å². The smallest absolute Gasteiger partial charge is 0.342 e. The van der Waals surface area contributed by atoms with E-state index >= 15 is 0 Å². The number of ether oxygens (including phenoxy) is 2. The maximum absolute atomic E-state index is 13.0. The number of hydrogen-bond donors (Lipinski definition) is 5. The van der Waals surface area contributed by atoms with Crippen LogP contribution in [0.3, 0.4) is 0 Å². The largest absolute Gasteiger partial charge is 0.507 e. The van der Waals surface area contributed by atoms with Gasteiger partial charge in [-0.1, -0.05) is 32.4 Å². The molecular weight excluding hydrogens is 452 g/mol. The number of aliphatic hydroxyl groups excluding tert-OH is 2. The number of esters is 1. The minimum atomic E-state index is -1.80. The molecule has 3 aliphatic rings. The van der Waals surface area contributed by atoms with E-state index in [1.165, 1.54) is 26.2 Å². The Bertz CT molecular complexity index is 1050. The molecule has 182 valence electrons. The van der Waals surface area contributed by atoms with Crippen molar-refractivity contribution in [3.63, 3.8) is 0 Å². The van der Waals surface area contributed by atoms with Crippen molar-refractivity contribution in [1.29, 1.82) is 0 Å². The van der Waals surface area contributed by atoms with Gasteiger partial charge in [0.2, 0.25) is 0 Å². The molecule has 5 N–H and O–H groups in total. The minimum absolute atomic E-state index is 0.145. The molecule has 0 heterocycles. The van der Waals surface area contributed by atoms with E-state index in [0.29, 0.717) is 0 Å². The molecule has 0 aliphatic heterocycles. The zero-order valence-corrected chi connectivity index (χ0v) is 20.1. The molecule has 8 nitrogen and oxygen atoms in total. The second kappa shape index (κ2) is 7.33. The molecule has 1 unspecified atom stereocenters. The predicted octanol–water partition coefficient (Wildman–Crippen LogP) is 2.10. The quantitative estimate of drug-likeness (QED) is 0.325. The van der Waals surface area contributed by atoms with Gasteiger partial charge in [0.15, 0.2) is 0 Å². The van der Waals surface area contributed by atoms with Gasteiger partial charge in [-0.05, 0) is 42.4 Å². The zero-order chi connectivity index (χ0) is 24.7. The first-order chi connectivity index (χ1) is 15.2. The average Bonchev–Trinajstić information content (AvgIpc) is 2.91. The van der Waals surface area contributed by atoms with Crippen molar-refractivity contribution in [2.45, 2.75) is 63.9 Å². The normalized spacial score (nSPS) is 38.6. The molecule has 9 heteroatoms. The molecule has 0 aromatic heterocycles. The number of benzene rings is 1. The van der Waals surface area contributed by atoms with E-state index in [1.54, 1.807) is 6.92 Å². The summed E-state index contributed by atoms with van der Waals surface area (Å²) in [6, 6.07) is 1.21. The third kappa shape index (κ3) is 3.01. The van der Waals surface area contributed by atoms with Gasteiger partial charge in [0, 0.05) is 17.4 Å². The molecule has 1 aromatic rings. The number of methoxy groups -OCH3 is 1. The first-order valence-electron chi connectivity index (χ1n) is 10.9. The fourth-order valence-electron chi connectivity index (χ4n) is 6.62. The van der Waals surface area contributed by atoms with Gasteiger partial charge < -0.3 is 35.0 Å². The van der Waals surface area contributed by atoms with Gasteiger partial charge in [-0.25, -0.2) is 4.79 Å². The van der Waals surface area contributed by atoms with Crippen LogP contribution in [0.5, 0.6) is 11.5 Å². The number of hydrogen-bond acceptors (Lipinski definition) is 8. The highest BCUT2D eigenvalue weighted by atomic mass is 35.5. The van der Waals surface area contributed by atoms with Crippen LogP contribution in [0.1, 0.15) is 49.5 Å². The van der Waals surface area contributed by atoms with Crippen molar-refractivity contribution in [2.24, 2.45) is 16.7 Å². The number of rotatable bonds is 4. The van der Waals surface area contributed by atoms with Crippen LogP contribution in [-0.4, -0.2) is 68.6 Å². The fraction of sp³-hybridized carbons (Fsp3) is 0.625. The Hall–Kier alpha value is -1.84. The zero-order valence-electron chi connectivity index (χ0n) is 19.3. The van der Waals surface area contributed by atoms with Crippen molar-refractivity contribution >= 4 is 17.6 Å². The van der Waals surface area contributed by atoms with Gasteiger partial charge in [-0.15, -0.1) is 0 Å². The van der Waals surface area contributed by atoms with Crippen LogP contribution >= 0.6 is 11.6 Å². The summed E-state index contributed by atoms with van der Waals surface area (Å²) in [6.07, 6.45) is -0.142. The monoisotopic (exact) mass is 482 g/mol. The molecule has 1 aromatic carbocycles. The standard InChI is InChI=1S/C24H31ClO8/c1-11-16(13(27)6-14(32-5)17(11)25)20(29)33-15-8-22(4)18-19(28)21(2,3)10-23(18,30)7-12(9-26)24(15,22)31/h6-7,15,18-19,26-28,30-31H,8-10H2,1-5H3/t15-,18?,19-,22-,23+,24+/m1/s1. The molecule has 33 heavy (non-hydrogen) atoms. The van der Waals surface area contributed by atoms with Crippen LogP contribution in [0.25, 0.3) is 0 Å². The highest BCUT2D eigenvalue weighted by Crippen LogP contribution is 2.69. The summed E-state index contributed by atoms with van der Waals surface area (Å²) >= 11 is 6.23. The van der Waals surface area contributed by atoms with Crippen LogP contribution in [0, 0.1) is 23.7 Å². The number of carbonyl (C=O) groups excluding carboxylic acids is 1. The van der Waals surface area contributed by atoms with E-state index in [4.69, 9.17) is 21.1 Å². The molecule has 0 amide bonds. The Labute approximate surface area is 197 Å². The Balaban J connectivity index is 1.71. The van der Waals surface area contributed by atoms with Crippen molar-refractivity contribution in [1.82, 2.24) is 0 Å². The molecule has 0 saturated heterocycles. The summed E-state index contributed by atoms with van der Waals surface area (Å²) in [5, 5.41) is 54.8. The molecule has 3 aliphatic carbocycles. The Morgan fingerprint density at radius 2 is 1.91 bits per heavy atom. The Kier molecular flexibility index (Phi) is 5.39. The summed E-state index contributed by atoms with van der Waals surface area (Å²) in [4.78, 5) is 13.0. The van der Waals surface area contributed by atoms with E-state index in [2.05, 4.69) is 0 Å². The van der Waals surface area contributed by atoms with Crippen molar-refractivity contribution < 1.29 is 39.8 Å². The van der Waals surface area contributed by atoms with E-state index in [0.717, 1.165) is 0 Å². The number of aliphatic hydroxyl groups is 4. The number of fused-ring (bicyclic) bond motifs is 3. The predicted molar refractivity (Wildman–Crippen MR) is 119 cm³/mol. The van der Waals surface area contributed by atoms with Gasteiger partial charge in [0.1, 0.15) is 28.8 Å². The van der Waals surface area contributed by atoms with Crippen LogP contribution in [-0.2, 0) is 4.74 Å². The molecule has 0 bridgehead atoms. The lowest BCUT2D eigenvalue weighted by Crippen LogP contribution is -2.76. The van der Waals surface area contributed by atoms with Gasteiger partial charge >= 0.3 is 5.97 Å². The maximum Gasteiger partial charge on any atom is 0.342 e. The number of aromatic hydroxyl groups is 1. The number of halogens is 1.